The van der Waals surface area contributed by atoms with Crippen molar-refractivity contribution in [1.82, 2.24) is 0 Å². The second-order valence-electron chi connectivity index (χ2n) is 10.6. The maximum atomic E-state index is 4.36. The molecule has 0 bridgehead atoms. The van der Waals surface area contributed by atoms with Crippen LogP contribution in [0.5, 0.6) is 0 Å². The summed E-state index contributed by atoms with van der Waals surface area (Å²) in [5.41, 5.74) is 2.69. The Hall–Kier alpha value is -0.260. The van der Waals surface area contributed by atoms with Crippen LogP contribution in [0.2, 0.25) is 0 Å². The predicted molar refractivity (Wildman–Crippen MR) is 96.4 cm³/mol. The molecule has 0 radical (unpaired) electrons. The van der Waals surface area contributed by atoms with E-state index in [1.807, 2.05) is 0 Å². The number of allylic oxidation sites excluding steroid dienone is 1. The summed E-state index contributed by atoms with van der Waals surface area (Å²) in [7, 11) is 0. The monoisotopic (exact) mass is 292 g/mol. The molecule has 1 fully saturated rings. The second-order valence-corrected chi connectivity index (χ2v) is 10.6. The van der Waals surface area contributed by atoms with E-state index in [1.165, 1.54) is 31.3 Å². The summed E-state index contributed by atoms with van der Waals surface area (Å²) >= 11 is 0. The smallest absolute Gasteiger partial charge is 0.0128 e. The molecular weight excluding hydrogens is 252 g/mol. The second kappa shape index (κ2) is 6.09. The maximum absolute atomic E-state index is 4.36. The molecule has 0 nitrogen and oxygen atoms in total. The molecule has 124 valence electrons. The number of rotatable bonds is 5. The van der Waals surface area contributed by atoms with Crippen LogP contribution in [-0.4, -0.2) is 0 Å². The zero-order valence-electron chi connectivity index (χ0n) is 16.3. The van der Waals surface area contributed by atoms with Gasteiger partial charge in [-0.05, 0) is 66.6 Å². The van der Waals surface area contributed by atoms with Crippen molar-refractivity contribution in [1.29, 1.82) is 0 Å². The first-order valence-electron chi connectivity index (χ1n) is 8.91. The van der Waals surface area contributed by atoms with Crippen LogP contribution in [-0.2, 0) is 0 Å². The first-order valence-corrected chi connectivity index (χ1v) is 8.91. The van der Waals surface area contributed by atoms with E-state index in [0.29, 0.717) is 22.2 Å². The van der Waals surface area contributed by atoms with Crippen LogP contribution in [0.25, 0.3) is 0 Å². The van der Waals surface area contributed by atoms with E-state index in [4.69, 9.17) is 0 Å². The third-order valence-corrected chi connectivity index (χ3v) is 5.37. The Balaban J connectivity index is 3.02. The first kappa shape index (κ1) is 18.8. The van der Waals surface area contributed by atoms with Gasteiger partial charge in [0.25, 0.3) is 0 Å². The van der Waals surface area contributed by atoms with Gasteiger partial charge in [0, 0.05) is 0 Å². The summed E-state index contributed by atoms with van der Waals surface area (Å²) in [5, 5.41) is 0. The molecular formula is C21H40. The van der Waals surface area contributed by atoms with Gasteiger partial charge in [0.2, 0.25) is 0 Å². The molecule has 2 atom stereocenters. The van der Waals surface area contributed by atoms with Crippen molar-refractivity contribution in [3.63, 3.8) is 0 Å². The van der Waals surface area contributed by atoms with Crippen molar-refractivity contribution in [2.24, 2.45) is 34.0 Å². The van der Waals surface area contributed by atoms with E-state index in [9.17, 15) is 0 Å². The largest absolute Gasteiger partial charge is 0.0998 e. The minimum absolute atomic E-state index is 0.381. The van der Waals surface area contributed by atoms with E-state index in [-0.39, 0.29) is 0 Å². The number of hydrogen-bond donors (Lipinski definition) is 0. The van der Waals surface area contributed by atoms with E-state index in [0.717, 1.165) is 11.8 Å². The minimum Gasteiger partial charge on any atom is -0.0998 e. The third-order valence-electron chi connectivity index (χ3n) is 5.37. The zero-order valence-corrected chi connectivity index (χ0v) is 16.3. The molecule has 0 aromatic heterocycles. The predicted octanol–water partition coefficient (Wildman–Crippen LogP) is 7.10. The fraction of sp³-hybridized carbons (Fsp3) is 0.905. The maximum Gasteiger partial charge on any atom is -0.0128 e. The lowest BCUT2D eigenvalue weighted by Gasteiger charge is -2.53. The van der Waals surface area contributed by atoms with E-state index >= 15 is 0 Å². The lowest BCUT2D eigenvalue weighted by Crippen LogP contribution is -2.44. The van der Waals surface area contributed by atoms with Gasteiger partial charge in [0.15, 0.2) is 0 Å². The average molecular weight is 293 g/mol. The van der Waals surface area contributed by atoms with Crippen molar-refractivity contribution in [3.8, 4) is 0 Å². The van der Waals surface area contributed by atoms with Gasteiger partial charge in [-0.25, -0.2) is 0 Å². The lowest BCUT2D eigenvalue weighted by atomic mass is 9.52. The molecule has 1 aliphatic carbocycles. The van der Waals surface area contributed by atoms with Crippen LogP contribution in [0.1, 0.15) is 88.0 Å². The van der Waals surface area contributed by atoms with Gasteiger partial charge in [-0.2, -0.15) is 0 Å². The van der Waals surface area contributed by atoms with Gasteiger partial charge < -0.3 is 0 Å². The number of hydrogen-bond acceptors (Lipinski definition) is 0. The van der Waals surface area contributed by atoms with E-state index < -0.39 is 0 Å². The van der Waals surface area contributed by atoms with Gasteiger partial charge in [0.1, 0.15) is 0 Å². The molecule has 0 heteroatoms. The Morgan fingerprint density at radius 3 is 2.14 bits per heavy atom. The molecule has 0 heterocycles. The topological polar surface area (TPSA) is 0 Å². The summed E-state index contributed by atoms with van der Waals surface area (Å²) in [6, 6.07) is 0. The standard InChI is InChI=1S/C21H40/c1-15(2)11-19(5,6)12-17-13-20(7,8)14-21(9,10)18(17)16(3)4/h15,17-18H,3,11-14H2,1-2,4-10H3/t17-,18+/m0/s1. The molecule has 0 amide bonds. The fourth-order valence-corrected chi connectivity index (χ4v) is 6.04. The molecule has 0 unspecified atom stereocenters. The quantitative estimate of drug-likeness (QED) is 0.474. The first-order chi connectivity index (χ1) is 9.26. The molecule has 1 saturated carbocycles. The van der Waals surface area contributed by atoms with Gasteiger partial charge in [-0.15, -0.1) is 0 Å². The Labute approximate surface area is 134 Å². The highest BCUT2D eigenvalue weighted by molar-refractivity contribution is 5.10. The van der Waals surface area contributed by atoms with E-state index in [1.54, 1.807) is 0 Å². The molecule has 0 spiro atoms. The van der Waals surface area contributed by atoms with Crippen LogP contribution >= 0.6 is 0 Å². The Bertz CT molecular complexity index is 367. The van der Waals surface area contributed by atoms with Gasteiger partial charge in [-0.1, -0.05) is 67.5 Å². The zero-order chi connectivity index (χ0) is 16.6. The lowest BCUT2D eigenvalue weighted by molar-refractivity contribution is -0.00439. The highest BCUT2D eigenvalue weighted by atomic mass is 14.5. The van der Waals surface area contributed by atoms with Crippen LogP contribution in [0.4, 0.5) is 0 Å². The van der Waals surface area contributed by atoms with Crippen LogP contribution in [0, 0.1) is 34.0 Å². The molecule has 0 aromatic rings. The highest BCUT2D eigenvalue weighted by Gasteiger charge is 2.47. The van der Waals surface area contributed by atoms with Crippen molar-refractivity contribution >= 4 is 0 Å². The molecule has 1 aliphatic rings. The molecule has 21 heavy (non-hydrogen) atoms. The van der Waals surface area contributed by atoms with Gasteiger partial charge in [0.05, 0.1) is 0 Å². The van der Waals surface area contributed by atoms with Crippen molar-refractivity contribution in [2.75, 3.05) is 0 Å². The molecule has 0 N–H and O–H groups in total. The fourth-order valence-electron chi connectivity index (χ4n) is 6.04. The van der Waals surface area contributed by atoms with Gasteiger partial charge >= 0.3 is 0 Å². The van der Waals surface area contributed by atoms with Crippen LogP contribution in [0.3, 0.4) is 0 Å². The van der Waals surface area contributed by atoms with E-state index in [2.05, 4.69) is 68.9 Å². The Kier molecular flexibility index (Phi) is 5.45. The van der Waals surface area contributed by atoms with Crippen LogP contribution < -0.4 is 0 Å². The average Bonchev–Trinajstić information content (AvgIpc) is 2.06. The Morgan fingerprint density at radius 1 is 1.19 bits per heavy atom. The molecule has 0 aliphatic heterocycles. The SMILES string of the molecule is C=C(C)[C@@H]1[C@@H](CC(C)(C)CC(C)C)CC(C)(C)CC1(C)C. The summed E-state index contributed by atoms with van der Waals surface area (Å²) in [6.45, 7) is 26.1. The van der Waals surface area contributed by atoms with Crippen LogP contribution in [0.15, 0.2) is 12.2 Å². The summed E-state index contributed by atoms with van der Waals surface area (Å²) in [4.78, 5) is 0. The normalized spacial score (nSPS) is 28.7. The van der Waals surface area contributed by atoms with Crippen molar-refractivity contribution in [2.45, 2.75) is 88.0 Å². The summed E-state index contributed by atoms with van der Waals surface area (Å²) in [6.07, 6.45) is 5.34. The molecule has 1 rings (SSSR count). The third kappa shape index (κ3) is 5.15. The van der Waals surface area contributed by atoms with Crippen molar-refractivity contribution in [3.05, 3.63) is 12.2 Å². The van der Waals surface area contributed by atoms with Gasteiger partial charge in [-0.3, -0.25) is 0 Å². The highest BCUT2D eigenvalue weighted by Crippen LogP contribution is 2.56. The minimum atomic E-state index is 0.381. The molecule has 0 saturated heterocycles. The molecule has 0 aromatic carbocycles. The summed E-state index contributed by atoms with van der Waals surface area (Å²) < 4.78 is 0. The Morgan fingerprint density at radius 2 is 1.71 bits per heavy atom. The van der Waals surface area contributed by atoms with Crippen molar-refractivity contribution < 1.29 is 0 Å². The summed E-state index contributed by atoms with van der Waals surface area (Å²) in [5.74, 6) is 2.25.